The smallest absolute Gasteiger partial charge is 0.300 e. The predicted octanol–water partition coefficient (Wildman–Crippen LogP) is 2.63. The SMILES string of the molecule is COc1cc(C)c(CN(C)CN2C(=O)C(=O)c3ccccc32)cc1OC. The van der Waals surface area contributed by atoms with E-state index >= 15 is 0 Å². The van der Waals surface area contributed by atoms with Crippen LogP contribution in [-0.2, 0) is 11.3 Å². The minimum atomic E-state index is -0.484. The molecule has 6 heteroatoms. The van der Waals surface area contributed by atoms with Gasteiger partial charge in [0, 0.05) is 6.54 Å². The molecule has 0 fully saturated rings. The number of ketones is 1. The van der Waals surface area contributed by atoms with Crippen molar-refractivity contribution < 1.29 is 19.1 Å². The van der Waals surface area contributed by atoms with Gasteiger partial charge >= 0.3 is 5.91 Å². The van der Waals surface area contributed by atoms with Crippen LogP contribution in [0.1, 0.15) is 21.5 Å². The molecule has 6 nitrogen and oxygen atoms in total. The summed E-state index contributed by atoms with van der Waals surface area (Å²) in [5, 5.41) is 0. The summed E-state index contributed by atoms with van der Waals surface area (Å²) in [7, 11) is 5.12. The highest BCUT2D eigenvalue weighted by atomic mass is 16.5. The molecule has 0 N–H and O–H groups in total. The van der Waals surface area contributed by atoms with Gasteiger partial charge in [0.15, 0.2) is 11.5 Å². The maximum atomic E-state index is 12.3. The fourth-order valence-corrected chi connectivity index (χ4v) is 3.16. The minimum Gasteiger partial charge on any atom is -0.493 e. The summed E-state index contributed by atoms with van der Waals surface area (Å²) in [6, 6.07) is 11.0. The Bertz CT molecular complexity index is 863. The van der Waals surface area contributed by atoms with Crippen molar-refractivity contribution >= 4 is 17.4 Å². The molecule has 0 spiro atoms. The molecule has 26 heavy (non-hydrogen) atoms. The van der Waals surface area contributed by atoms with E-state index in [1.807, 2.05) is 37.1 Å². The molecule has 2 aromatic rings. The number of rotatable bonds is 6. The van der Waals surface area contributed by atoms with Crippen LogP contribution in [-0.4, -0.2) is 44.5 Å². The third-order valence-electron chi connectivity index (χ3n) is 4.54. The number of aryl methyl sites for hydroxylation is 1. The lowest BCUT2D eigenvalue weighted by atomic mass is 10.1. The highest BCUT2D eigenvalue weighted by molar-refractivity contribution is 6.52. The van der Waals surface area contributed by atoms with Crippen molar-refractivity contribution in [1.82, 2.24) is 4.90 Å². The molecule has 0 radical (unpaired) electrons. The van der Waals surface area contributed by atoms with Gasteiger partial charge in [0.1, 0.15) is 0 Å². The standard InChI is InChI=1S/C20H22N2O4/c1-13-9-17(25-3)18(26-4)10-14(13)11-21(2)12-22-16-8-6-5-7-15(16)19(23)20(22)24/h5-10H,11-12H2,1-4H3. The summed E-state index contributed by atoms with van der Waals surface area (Å²) in [4.78, 5) is 27.9. The molecule has 2 aromatic carbocycles. The summed E-state index contributed by atoms with van der Waals surface area (Å²) < 4.78 is 10.7. The van der Waals surface area contributed by atoms with E-state index in [9.17, 15) is 9.59 Å². The minimum absolute atomic E-state index is 0.329. The number of amides is 1. The second kappa shape index (κ2) is 7.17. The molecule has 0 saturated carbocycles. The van der Waals surface area contributed by atoms with E-state index < -0.39 is 11.7 Å². The van der Waals surface area contributed by atoms with E-state index in [1.54, 1.807) is 32.4 Å². The monoisotopic (exact) mass is 354 g/mol. The molecule has 3 rings (SSSR count). The molecule has 0 bridgehead atoms. The molecule has 0 saturated heterocycles. The van der Waals surface area contributed by atoms with Crippen molar-refractivity contribution in [1.29, 1.82) is 0 Å². The van der Waals surface area contributed by atoms with Crippen LogP contribution < -0.4 is 14.4 Å². The lowest BCUT2D eigenvalue weighted by molar-refractivity contribution is -0.114. The van der Waals surface area contributed by atoms with Crippen molar-refractivity contribution in [3.8, 4) is 11.5 Å². The van der Waals surface area contributed by atoms with Crippen LogP contribution >= 0.6 is 0 Å². The molecule has 1 aliphatic rings. The van der Waals surface area contributed by atoms with E-state index in [0.29, 0.717) is 36.0 Å². The van der Waals surface area contributed by atoms with Crippen molar-refractivity contribution in [2.45, 2.75) is 13.5 Å². The Morgan fingerprint density at radius 3 is 2.38 bits per heavy atom. The second-order valence-corrected chi connectivity index (χ2v) is 6.37. The molecular weight excluding hydrogens is 332 g/mol. The third kappa shape index (κ3) is 3.15. The van der Waals surface area contributed by atoms with Gasteiger partial charge in [0.2, 0.25) is 0 Å². The van der Waals surface area contributed by atoms with E-state index in [-0.39, 0.29) is 0 Å². The van der Waals surface area contributed by atoms with E-state index in [0.717, 1.165) is 11.1 Å². The topological polar surface area (TPSA) is 59.1 Å². The number of nitrogens with zero attached hydrogens (tertiary/aromatic N) is 2. The number of methoxy groups -OCH3 is 2. The van der Waals surface area contributed by atoms with Gasteiger partial charge in [-0.15, -0.1) is 0 Å². The Hall–Kier alpha value is -2.86. The predicted molar refractivity (Wildman–Crippen MR) is 98.9 cm³/mol. The first-order valence-electron chi connectivity index (χ1n) is 8.31. The summed E-state index contributed by atoms with van der Waals surface area (Å²) in [6.07, 6.45) is 0. The Morgan fingerprint density at radius 1 is 1.04 bits per heavy atom. The Kier molecular flexibility index (Phi) is 4.95. The number of carbonyl (C=O) groups excluding carboxylic acids is 2. The molecule has 1 heterocycles. The summed E-state index contributed by atoms with van der Waals surface area (Å²) in [6.45, 7) is 2.94. The molecule has 0 aromatic heterocycles. The van der Waals surface area contributed by atoms with Crippen molar-refractivity contribution in [2.24, 2.45) is 0 Å². The first-order chi connectivity index (χ1) is 12.5. The molecule has 0 aliphatic carbocycles. The van der Waals surface area contributed by atoms with Crippen LogP contribution in [0, 0.1) is 6.92 Å². The van der Waals surface area contributed by atoms with Gasteiger partial charge < -0.3 is 9.47 Å². The molecule has 0 unspecified atom stereocenters. The lowest BCUT2D eigenvalue weighted by Crippen LogP contribution is -2.39. The maximum absolute atomic E-state index is 12.3. The average Bonchev–Trinajstić information content (AvgIpc) is 2.88. The molecule has 0 atom stereocenters. The van der Waals surface area contributed by atoms with Crippen LogP contribution in [0.4, 0.5) is 5.69 Å². The quantitative estimate of drug-likeness (QED) is 0.747. The normalized spacial score (nSPS) is 13.3. The number of hydrogen-bond donors (Lipinski definition) is 0. The largest absolute Gasteiger partial charge is 0.493 e. The van der Waals surface area contributed by atoms with Crippen LogP contribution in [0.25, 0.3) is 0 Å². The Balaban J connectivity index is 1.79. The maximum Gasteiger partial charge on any atom is 0.300 e. The van der Waals surface area contributed by atoms with Gasteiger partial charge in [-0.1, -0.05) is 12.1 Å². The van der Waals surface area contributed by atoms with Gasteiger partial charge in [0.25, 0.3) is 5.78 Å². The van der Waals surface area contributed by atoms with Crippen LogP contribution in [0.5, 0.6) is 11.5 Å². The fourth-order valence-electron chi connectivity index (χ4n) is 3.16. The molecular formula is C20H22N2O4. The fraction of sp³-hybridized carbons (Fsp3) is 0.300. The molecule has 1 amide bonds. The number of hydrogen-bond acceptors (Lipinski definition) is 5. The van der Waals surface area contributed by atoms with E-state index in [4.69, 9.17) is 9.47 Å². The Morgan fingerprint density at radius 2 is 1.69 bits per heavy atom. The van der Waals surface area contributed by atoms with Crippen molar-refractivity contribution in [3.63, 3.8) is 0 Å². The van der Waals surface area contributed by atoms with E-state index in [2.05, 4.69) is 0 Å². The zero-order valence-electron chi connectivity index (χ0n) is 15.4. The summed E-state index contributed by atoms with van der Waals surface area (Å²) >= 11 is 0. The van der Waals surface area contributed by atoms with Gasteiger partial charge in [-0.25, -0.2) is 0 Å². The van der Waals surface area contributed by atoms with Gasteiger partial charge in [0.05, 0.1) is 32.1 Å². The van der Waals surface area contributed by atoms with Crippen molar-refractivity contribution in [2.75, 3.05) is 32.8 Å². The van der Waals surface area contributed by atoms with Crippen LogP contribution in [0.15, 0.2) is 36.4 Å². The number of benzene rings is 2. The second-order valence-electron chi connectivity index (χ2n) is 6.37. The van der Waals surface area contributed by atoms with Crippen LogP contribution in [0.2, 0.25) is 0 Å². The number of carbonyl (C=O) groups is 2. The van der Waals surface area contributed by atoms with Gasteiger partial charge in [-0.2, -0.15) is 0 Å². The van der Waals surface area contributed by atoms with E-state index in [1.165, 1.54) is 4.90 Å². The zero-order valence-corrected chi connectivity index (χ0v) is 15.4. The first-order valence-corrected chi connectivity index (χ1v) is 8.31. The molecule has 136 valence electrons. The summed E-state index contributed by atoms with van der Waals surface area (Å²) in [5.74, 6) is 0.420. The number of anilines is 1. The average molecular weight is 354 g/mol. The number of para-hydroxylation sites is 1. The number of ether oxygens (including phenoxy) is 2. The van der Waals surface area contributed by atoms with Gasteiger partial charge in [-0.3, -0.25) is 19.4 Å². The first kappa shape index (κ1) is 17.9. The van der Waals surface area contributed by atoms with Crippen LogP contribution in [0.3, 0.4) is 0 Å². The zero-order chi connectivity index (χ0) is 18.8. The molecule has 1 aliphatic heterocycles. The Labute approximate surface area is 152 Å². The van der Waals surface area contributed by atoms with Crippen molar-refractivity contribution in [3.05, 3.63) is 53.1 Å². The lowest BCUT2D eigenvalue weighted by Gasteiger charge is -2.25. The highest BCUT2D eigenvalue weighted by Crippen LogP contribution is 2.32. The van der Waals surface area contributed by atoms with Gasteiger partial charge in [-0.05, 0) is 49.4 Å². The highest BCUT2D eigenvalue weighted by Gasteiger charge is 2.35. The third-order valence-corrected chi connectivity index (χ3v) is 4.54. The summed E-state index contributed by atoms with van der Waals surface area (Å²) in [5.41, 5.74) is 3.27. The number of Topliss-reactive ketones (excluding diaryl/α,β-unsaturated/α-hetero) is 1. The number of fused-ring (bicyclic) bond motifs is 1.